The average Bonchev–Trinajstić information content (AvgIpc) is 2.93. The molecule has 35 heavy (non-hydrogen) atoms. The molecule has 3 rings (SSSR count). The monoisotopic (exact) mass is 522 g/mol. The minimum Gasteiger partial charge on any atom is -0.476 e. The summed E-state index contributed by atoms with van der Waals surface area (Å²) in [5.74, 6) is -3.19. The number of para-hydroxylation sites is 1. The summed E-state index contributed by atoms with van der Waals surface area (Å²) in [6.07, 6.45) is 5.38. The zero-order valence-electron chi connectivity index (χ0n) is 20.3. The van der Waals surface area contributed by atoms with Gasteiger partial charge in [0.05, 0.1) is 16.1 Å². The van der Waals surface area contributed by atoms with E-state index in [0.717, 1.165) is 18.5 Å². The first-order valence-corrected chi connectivity index (χ1v) is 14.1. The van der Waals surface area contributed by atoms with E-state index in [-0.39, 0.29) is 10.6 Å². The SMILES string of the molecule is CCCCC1(CC)CN(c2ccccc2)c2cc(SC)c(OC=C(F)C(=O)O)cc2S(=O)(=O)N1C. The number of rotatable bonds is 9. The molecule has 1 atom stereocenters. The number of unbranched alkanes of at least 4 members (excludes halogenated alkanes) is 1. The van der Waals surface area contributed by atoms with Gasteiger partial charge in [0, 0.05) is 25.3 Å². The van der Waals surface area contributed by atoms with Gasteiger partial charge in [-0.3, -0.25) is 0 Å². The van der Waals surface area contributed by atoms with Crippen molar-refractivity contribution in [2.45, 2.75) is 54.9 Å². The van der Waals surface area contributed by atoms with Crippen molar-refractivity contribution in [3.63, 3.8) is 0 Å². The number of nitrogens with zero attached hydrogens (tertiary/aromatic N) is 2. The minimum absolute atomic E-state index is 0.0209. The average molecular weight is 523 g/mol. The lowest BCUT2D eigenvalue weighted by Gasteiger charge is -2.41. The van der Waals surface area contributed by atoms with Crippen LogP contribution in [0.5, 0.6) is 5.75 Å². The Kier molecular flexibility index (Phi) is 8.50. The number of carbonyl (C=O) groups is 1. The second-order valence-electron chi connectivity index (χ2n) is 8.44. The predicted molar refractivity (Wildman–Crippen MR) is 137 cm³/mol. The zero-order chi connectivity index (χ0) is 25.8. The lowest BCUT2D eigenvalue weighted by molar-refractivity contribution is -0.134. The van der Waals surface area contributed by atoms with Crippen LogP contribution in [0.3, 0.4) is 0 Å². The number of halogens is 1. The molecule has 0 bridgehead atoms. The number of likely N-dealkylation sites (N-methyl/N-ethyl adjacent to an activating group) is 1. The summed E-state index contributed by atoms with van der Waals surface area (Å²) >= 11 is 1.29. The number of aliphatic carboxylic acids is 1. The summed E-state index contributed by atoms with van der Waals surface area (Å²) in [5.41, 5.74) is 0.694. The molecule has 0 aromatic heterocycles. The quantitative estimate of drug-likeness (QED) is 0.253. The Morgan fingerprint density at radius 3 is 2.51 bits per heavy atom. The van der Waals surface area contributed by atoms with Crippen LogP contribution in [-0.2, 0) is 14.8 Å². The first-order valence-electron chi connectivity index (χ1n) is 11.4. The fourth-order valence-electron chi connectivity index (χ4n) is 4.34. The fraction of sp³-hybridized carbons (Fsp3) is 0.400. The first kappa shape index (κ1) is 27.0. The number of ether oxygens (including phenoxy) is 1. The summed E-state index contributed by atoms with van der Waals surface area (Å²) < 4.78 is 48.4. The molecular formula is C25H31FN2O5S2. The fourth-order valence-corrected chi connectivity index (χ4v) is 6.65. The number of sulfonamides is 1. The van der Waals surface area contributed by atoms with Crippen molar-refractivity contribution in [1.82, 2.24) is 4.31 Å². The van der Waals surface area contributed by atoms with E-state index in [1.54, 1.807) is 19.4 Å². The highest BCUT2D eigenvalue weighted by molar-refractivity contribution is 7.98. The van der Waals surface area contributed by atoms with Gasteiger partial charge in [0.2, 0.25) is 15.9 Å². The van der Waals surface area contributed by atoms with E-state index in [0.29, 0.717) is 36.2 Å². The summed E-state index contributed by atoms with van der Waals surface area (Å²) in [6.45, 7) is 4.54. The molecule has 2 aromatic carbocycles. The van der Waals surface area contributed by atoms with Crippen molar-refractivity contribution in [3.8, 4) is 5.75 Å². The van der Waals surface area contributed by atoms with Crippen molar-refractivity contribution in [2.24, 2.45) is 0 Å². The predicted octanol–water partition coefficient (Wildman–Crippen LogP) is 5.79. The largest absolute Gasteiger partial charge is 0.476 e. The van der Waals surface area contributed by atoms with Crippen LogP contribution in [0.4, 0.5) is 15.8 Å². The number of hydrogen-bond donors (Lipinski definition) is 1. The molecule has 1 heterocycles. The molecule has 190 valence electrons. The third-order valence-corrected chi connectivity index (χ3v) is 9.26. The third-order valence-electron chi connectivity index (χ3n) is 6.51. The highest BCUT2D eigenvalue weighted by Crippen LogP contribution is 2.46. The van der Waals surface area contributed by atoms with Gasteiger partial charge in [-0.2, -0.15) is 8.70 Å². The lowest BCUT2D eigenvalue weighted by atomic mass is 9.88. The van der Waals surface area contributed by atoms with Gasteiger partial charge in [0.1, 0.15) is 16.9 Å². The normalized spacial score (nSPS) is 20.3. The van der Waals surface area contributed by atoms with E-state index < -0.39 is 27.4 Å². The number of carboxylic acids is 1. The van der Waals surface area contributed by atoms with Crippen LogP contribution >= 0.6 is 11.8 Å². The number of fused-ring (bicyclic) bond motifs is 1. The van der Waals surface area contributed by atoms with Crippen molar-refractivity contribution in [2.75, 3.05) is 24.7 Å². The molecule has 0 saturated carbocycles. The molecule has 1 unspecified atom stereocenters. The Bertz CT molecular complexity index is 1200. The van der Waals surface area contributed by atoms with Crippen LogP contribution in [0, 0.1) is 0 Å². The molecule has 1 aliphatic heterocycles. The maximum absolute atomic E-state index is 14.0. The number of thioether (sulfide) groups is 1. The van der Waals surface area contributed by atoms with Crippen LogP contribution in [0.25, 0.3) is 0 Å². The van der Waals surface area contributed by atoms with Crippen LogP contribution < -0.4 is 9.64 Å². The summed E-state index contributed by atoms with van der Waals surface area (Å²) in [4.78, 5) is 13.4. The van der Waals surface area contributed by atoms with Gasteiger partial charge in [-0.15, -0.1) is 11.8 Å². The second kappa shape index (κ2) is 11.0. The van der Waals surface area contributed by atoms with E-state index >= 15 is 0 Å². The smallest absolute Gasteiger partial charge is 0.368 e. The highest BCUT2D eigenvalue weighted by Gasteiger charge is 2.46. The van der Waals surface area contributed by atoms with Crippen LogP contribution in [0.2, 0.25) is 0 Å². The van der Waals surface area contributed by atoms with Crippen molar-refractivity contribution >= 4 is 39.1 Å². The lowest BCUT2D eigenvalue weighted by Crippen LogP contribution is -2.53. The maximum atomic E-state index is 14.0. The van der Waals surface area contributed by atoms with Crippen molar-refractivity contribution in [1.29, 1.82) is 0 Å². The summed E-state index contributed by atoms with van der Waals surface area (Å²) in [5, 5.41) is 8.81. The molecule has 0 fully saturated rings. The van der Waals surface area contributed by atoms with Gasteiger partial charge in [0.15, 0.2) is 0 Å². The van der Waals surface area contributed by atoms with Crippen LogP contribution in [-0.4, -0.2) is 49.2 Å². The first-order chi connectivity index (χ1) is 16.6. The Labute approximate surface area is 210 Å². The van der Waals surface area contributed by atoms with E-state index in [4.69, 9.17) is 9.84 Å². The molecular weight excluding hydrogens is 491 g/mol. The van der Waals surface area contributed by atoms with Gasteiger partial charge in [-0.05, 0) is 37.3 Å². The van der Waals surface area contributed by atoms with Crippen molar-refractivity contribution < 1.29 is 27.4 Å². The number of carboxylic acid groups (broad SMARTS) is 1. The molecule has 0 spiro atoms. The Hall–Kier alpha value is -2.56. The second-order valence-corrected chi connectivity index (χ2v) is 11.2. The maximum Gasteiger partial charge on any atom is 0.368 e. The molecule has 1 N–H and O–H groups in total. The minimum atomic E-state index is -3.98. The molecule has 0 amide bonds. The van der Waals surface area contributed by atoms with E-state index in [2.05, 4.69) is 6.92 Å². The van der Waals surface area contributed by atoms with Crippen LogP contribution in [0.1, 0.15) is 39.5 Å². The van der Waals surface area contributed by atoms with Crippen molar-refractivity contribution in [3.05, 3.63) is 54.6 Å². The summed E-state index contributed by atoms with van der Waals surface area (Å²) in [7, 11) is -2.37. The Morgan fingerprint density at radius 2 is 1.94 bits per heavy atom. The molecule has 0 aliphatic carbocycles. The standard InChI is InChI=1S/C25H31FN2O5S2/c1-5-7-13-25(6-2)17-28(18-11-9-8-10-12-18)20-14-22(34-4)21(33-16-19(26)24(29)30)15-23(20)35(31,32)27(25)3/h8-12,14-16H,5-7,13,17H2,1-4H3,(H,29,30). The molecule has 2 aromatic rings. The highest BCUT2D eigenvalue weighted by atomic mass is 32.2. The van der Waals surface area contributed by atoms with Gasteiger partial charge in [-0.25, -0.2) is 13.2 Å². The van der Waals surface area contributed by atoms with E-state index in [9.17, 15) is 17.6 Å². The third kappa shape index (κ3) is 5.34. The van der Waals surface area contributed by atoms with Gasteiger partial charge in [-0.1, -0.05) is 44.9 Å². The van der Waals surface area contributed by atoms with E-state index in [1.165, 1.54) is 22.1 Å². The Morgan fingerprint density at radius 1 is 1.26 bits per heavy atom. The Balaban J connectivity index is 2.29. The summed E-state index contributed by atoms with van der Waals surface area (Å²) in [6, 6.07) is 12.7. The van der Waals surface area contributed by atoms with Gasteiger partial charge < -0.3 is 14.7 Å². The van der Waals surface area contributed by atoms with Gasteiger partial charge in [0.25, 0.3) is 0 Å². The molecule has 7 nitrogen and oxygen atoms in total. The molecule has 0 saturated heterocycles. The molecule has 10 heteroatoms. The number of anilines is 2. The topological polar surface area (TPSA) is 87.1 Å². The number of benzene rings is 2. The molecule has 1 aliphatic rings. The zero-order valence-corrected chi connectivity index (χ0v) is 22.0. The van der Waals surface area contributed by atoms with Crippen LogP contribution in [0.15, 0.2) is 64.3 Å². The molecule has 0 radical (unpaired) electrons. The van der Waals surface area contributed by atoms with Gasteiger partial charge >= 0.3 is 5.97 Å². The number of hydrogen-bond acceptors (Lipinski definition) is 6. The van der Waals surface area contributed by atoms with E-state index in [1.807, 2.05) is 42.2 Å².